The normalized spacial score (nSPS) is 14.4. The predicted octanol–water partition coefficient (Wildman–Crippen LogP) is 0.811. The van der Waals surface area contributed by atoms with Gasteiger partial charge in [-0.1, -0.05) is 23.8 Å². The van der Waals surface area contributed by atoms with Crippen LogP contribution in [0.25, 0.3) is 0 Å². The topological polar surface area (TPSA) is 69.6 Å². The fourth-order valence-electron chi connectivity index (χ4n) is 1.72. The second-order valence-electron chi connectivity index (χ2n) is 4.15. The van der Waals surface area contributed by atoms with Gasteiger partial charge >= 0.3 is 0 Å². The first kappa shape index (κ1) is 13.8. The van der Waals surface area contributed by atoms with Gasteiger partial charge in [0, 0.05) is 5.56 Å². The highest BCUT2D eigenvalue weighted by molar-refractivity contribution is 5.77. The van der Waals surface area contributed by atoms with Crippen molar-refractivity contribution in [3.05, 3.63) is 34.9 Å². The lowest BCUT2D eigenvalue weighted by molar-refractivity contribution is 0.0137. The number of aliphatic hydroxyl groups is 2. The van der Waals surface area contributed by atoms with Gasteiger partial charge in [-0.05, 0) is 32.5 Å². The maximum absolute atomic E-state index is 10.9. The van der Waals surface area contributed by atoms with Gasteiger partial charge in [-0.2, -0.15) is 0 Å². The summed E-state index contributed by atoms with van der Waals surface area (Å²) in [4.78, 5) is 10.9. The summed E-state index contributed by atoms with van der Waals surface area (Å²) < 4.78 is 0. The molecule has 4 heteroatoms. The van der Waals surface area contributed by atoms with Crippen LogP contribution in [0.2, 0.25) is 0 Å². The largest absolute Gasteiger partial charge is 0.390 e. The molecule has 0 fully saturated rings. The summed E-state index contributed by atoms with van der Waals surface area (Å²) in [5, 5.41) is 22.7. The van der Waals surface area contributed by atoms with E-state index in [0.717, 1.165) is 5.56 Å². The van der Waals surface area contributed by atoms with E-state index in [0.29, 0.717) is 30.4 Å². The Morgan fingerprint density at radius 1 is 1.41 bits per heavy atom. The minimum atomic E-state index is -1.02. The van der Waals surface area contributed by atoms with Crippen LogP contribution in [0, 0.1) is 6.92 Å². The molecule has 3 N–H and O–H groups in total. The Hall–Kier alpha value is -1.23. The minimum Gasteiger partial charge on any atom is -0.390 e. The molecule has 0 amide bonds. The van der Waals surface area contributed by atoms with E-state index < -0.39 is 12.2 Å². The number of hydrogen-bond acceptors (Lipinski definition) is 4. The zero-order valence-electron chi connectivity index (χ0n) is 10.2. The van der Waals surface area contributed by atoms with Gasteiger partial charge in [-0.3, -0.25) is 4.79 Å². The average molecular weight is 237 g/mol. The second-order valence-corrected chi connectivity index (χ2v) is 4.15. The SMILES string of the molecule is CNCCC(O)C(O)c1cc(C)ccc1C=O. The molecule has 0 aliphatic heterocycles. The highest BCUT2D eigenvalue weighted by Crippen LogP contribution is 2.23. The standard InChI is InChI=1S/C13H19NO3/c1-9-3-4-10(8-15)11(7-9)13(17)12(16)5-6-14-2/h3-4,7-8,12-14,16-17H,5-6H2,1-2H3. The summed E-state index contributed by atoms with van der Waals surface area (Å²) >= 11 is 0. The van der Waals surface area contributed by atoms with Crippen molar-refractivity contribution in [1.82, 2.24) is 5.32 Å². The Morgan fingerprint density at radius 2 is 2.12 bits per heavy atom. The van der Waals surface area contributed by atoms with Gasteiger partial charge in [0.25, 0.3) is 0 Å². The third kappa shape index (κ3) is 3.63. The van der Waals surface area contributed by atoms with E-state index in [1.165, 1.54) is 0 Å². The third-order valence-electron chi connectivity index (χ3n) is 2.74. The summed E-state index contributed by atoms with van der Waals surface area (Å²) in [6.07, 6.45) is -0.765. The van der Waals surface area contributed by atoms with Crippen molar-refractivity contribution >= 4 is 6.29 Å². The van der Waals surface area contributed by atoms with E-state index in [2.05, 4.69) is 5.32 Å². The van der Waals surface area contributed by atoms with Crippen LogP contribution in [0.4, 0.5) is 0 Å². The van der Waals surface area contributed by atoms with E-state index in [-0.39, 0.29) is 0 Å². The van der Waals surface area contributed by atoms with E-state index in [4.69, 9.17) is 0 Å². The molecule has 1 aromatic carbocycles. The minimum absolute atomic E-state index is 0.423. The maximum Gasteiger partial charge on any atom is 0.150 e. The first-order valence-corrected chi connectivity index (χ1v) is 5.66. The molecule has 0 heterocycles. The smallest absolute Gasteiger partial charge is 0.150 e. The van der Waals surface area contributed by atoms with Crippen LogP contribution in [0.1, 0.15) is 34.0 Å². The number of nitrogens with one attached hydrogen (secondary N) is 1. The van der Waals surface area contributed by atoms with Gasteiger partial charge in [0.05, 0.1) is 6.10 Å². The lowest BCUT2D eigenvalue weighted by Gasteiger charge is -2.19. The van der Waals surface area contributed by atoms with Crippen LogP contribution in [-0.2, 0) is 0 Å². The molecule has 0 saturated carbocycles. The van der Waals surface area contributed by atoms with Gasteiger partial charge in [0.2, 0.25) is 0 Å². The molecule has 1 aromatic rings. The molecule has 4 nitrogen and oxygen atoms in total. The number of carbonyl (C=O) groups is 1. The van der Waals surface area contributed by atoms with Crippen LogP contribution >= 0.6 is 0 Å². The average Bonchev–Trinajstić information content (AvgIpc) is 2.34. The Bertz CT molecular complexity index is 379. The van der Waals surface area contributed by atoms with Gasteiger partial charge in [0.15, 0.2) is 0 Å². The molecule has 0 saturated heterocycles. The molecule has 1 rings (SSSR count). The molecule has 0 radical (unpaired) electrons. The van der Waals surface area contributed by atoms with E-state index in [1.54, 1.807) is 25.2 Å². The van der Waals surface area contributed by atoms with Crippen LogP contribution in [0.5, 0.6) is 0 Å². The number of rotatable bonds is 6. The third-order valence-corrected chi connectivity index (χ3v) is 2.74. The van der Waals surface area contributed by atoms with Crippen molar-refractivity contribution in [3.8, 4) is 0 Å². The first-order valence-electron chi connectivity index (χ1n) is 5.66. The second kappa shape index (κ2) is 6.49. The number of aliphatic hydroxyl groups excluding tert-OH is 2. The van der Waals surface area contributed by atoms with Crippen LogP contribution in [0.15, 0.2) is 18.2 Å². The van der Waals surface area contributed by atoms with Crippen LogP contribution < -0.4 is 5.32 Å². The zero-order valence-corrected chi connectivity index (χ0v) is 10.2. The summed E-state index contributed by atoms with van der Waals surface area (Å²) in [7, 11) is 1.78. The number of aryl methyl sites for hydroxylation is 1. The Balaban J connectivity index is 2.89. The summed E-state index contributed by atoms with van der Waals surface area (Å²) in [5.41, 5.74) is 1.86. The lowest BCUT2D eigenvalue weighted by atomic mass is 9.96. The molecule has 0 spiro atoms. The predicted molar refractivity (Wildman–Crippen MR) is 66.1 cm³/mol. The fourth-order valence-corrected chi connectivity index (χ4v) is 1.72. The van der Waals surface area contributed by atoms with Crippen molar-refractivity contribution in [2.75, 3.05) is 13.6 Å². The fraction of sp³-hybridized carbons (Fsp3) is 0.462. The highest BCUT2D eigenvalue weighted by Gasteiger charge is 2.20. The molecule has 0 aliphatic carbocycles. The van der Waals surface area contributed by atoms with Crippen molar-refractivity contribution < 1.29 is 15.0 Å². The first-order chi connectivity index (χ1) is 8.10. The van der Waals surface area contributed by atoms with Gasteiger partial charge in [-0.15, -0.1) is 0 Å². The summed E-state index contributed by atoms with van der Waals surface area (Å²) in [6.45, 7) is 2.49. The molecule has 0 aliphatic rings. The highest BCUT2D eigenvalue weighted by atomic mass is 16.3. The zero-order chi connectivity index (χ0) is 12.8. The van der Waals surface area contributed by atoms with E-state index in [1.807, 2.05) is 6.92 Å². The summed E-state index contributed by atoms with van der Waals surface area (Å²) in [6, 6.07) is 5.20. The monoisotopic (exact) mass is 237 g/mol. The quantitative estimate of drug-likeness (QED) is 0.640. The lowest BCUT2D eigenvalue weighted by Crippen LogP contribution is -2.24. The van der Waals surface area contributed by atoms with Gasteiger partial charge < -0.3 is 15.5 Å². The van der Waals surface area contributed by atoms with E-state index in [9.17, 15) is 15.0 Å². The maximum atomic E-state index is 10.9. The summed E-state index contributed by atoms with van der Waals surface area (Å²) in [5.74, 6) is 0. The number of carbonyl (C=O) groups excluding carboxylic acids is 1. The van der Waals surface area contributed by atoms with Crippen molar-refractivity contribution in [3.63, 3.8) is 0 Å². The molecule has 2 atom stereocenters. The molecule has 2 unspecified atom stereocenters. The molecular formula is C13H19NO3. The van der Waals surface area contributed by atoms with Crippen LogP contribution in [-0.4, -0.2) is 36.2 Å². The molecule has 94 valence electrons. The number of aldehydes is 1. The number of benzene rings is 1. The Morgan fingerprint density at radius 3 is 2.71 bits per heavy atom. The van der Waals surface area contributed by atoms with Gasteiger partial charge in [0.1, 0.15) is 12.4 Å². The van der Waals surface area contributed by atoms with E-state index >= 15 is 0 Å². The number of hydrogen-bond donors (Lipinski definition) is 3. The van der Waals surface area contributed by atoms with Gasteiger partial charge in [-0.25, -0.2) is 0 Å². The molecule has 0 bridgehead atoms. The Kier molecular flexibility index (Phi) is 5.28. The molecular weight excluding hydrogens is 218 g/mol. The molecule has 17 heavy (non-hydrogen) atoms. The molecule has 0 aromatic heterocycles. The Labute approximate surface area is 101 Å². The van der Waals surface area contributed by atoms with Crippen molar-refractivity contribution in [2.45, 2.75) is 25.6 Å². The van der Waals surface area contributed by atoms with Crippen LogP contribution in [0.3, 0.4) is 0 Å². The van der Waals surface area contributed by atoms with Crippen molar-refractivity contribution in [2.24, 2.45) is 0 Å². The van der Waals surface area contributed by atoms with Crippen molar-refractivity contribution in [1.29, 1.82) is 0 Å².